The van der Waals surface area contributed by atoms with E-state index in [1.165, 1.54) is 7.11 Å². The topological polar surface area (TPSA) is 50.8 Å². The highest BCUT2D eigenvalue weighted by atomic mass is 35.5. The predicted molar refractivity (Wildman–Crippen MR) is 68.4 cm³/mol. The number of amides is 2. The molecule has 1 aromatic rings. The molecule has 1 aromatic carbocycles. The molecule has 5 nitrogen and oxygen atoms in total. The van der Waals surface area contributed by atoms with E-state index in [0.717, 1.165) is 5.56 Å². The Morgan fingerprint density at radius 2 is 2.17 bits per heavy atom. The van der Waals surface area contributed by atoms with Gasteiger partial charge in [0.25, 0.3) is 0 Å². The van der Waals surface area contributed by atoms with Gasteiger partial charge in [0.2, 0.25) is 0 Å². The summed E-state index contributed by atoms with van der Waals surface area (Å²) in [5, 5.41) is 3.23. The number of benzene rings is 1. The van der Waals surface area contributed by atoms with E-state index in [9.17, 15) is 4.79 Å². The second kappa shape index (κ2) is 5.35. The summed E-state index contributed by atoms with van der Waals surface area (Å²) in [6.45, 7) is 1.82. The zero-order chi connectivity index (χ0) is 13.1. The first kappa shape index (κ1) is 12.8. The molecule has 0 atom stereocenters. The van der Waals surface area contributed by atoms with Gasteiger partial charge in [0.15, 0.2) is 11.5 Å². The number of halogens is 1. The van der Waals surface area contributed by atoms with E-state index in [4.69, 9.17) is 21.1 Å². The van der Waals surface area contributed by atoms with Crippen molar-refractivity contribution in [2.45, 2.75) is 6.54 Å². The second-order valence-electron chi connectivity index (χ2n) is 3.93. The van der Waals surface area contributed by atoms with Crippen molar-refractivity contribution >= 4 is 17.6 Å². The molecule has 1 aliphatic heterocycles. The van der Waals surface area contributed by atoms with Gasteiger partial charge in [-0.2, -0.15) is 0 Å². The maximum Gasteiger partial charge on any atom is 0.317 e. The summed E-state index contributed by atoms with van der Waals surface area (Å²) in [4.78, 5) is 13.2. The molecule has 1 fully saturated rings. The fourth-order valence-corrected chi connectivity index (χ4v) is 2.21. The van der Waals surface area contributed by atoms with Crippen LogP contribution < -0.4 is 14.8 Å². The van der Waals surface area contributed by atoms with Crippen LogP contribution in [0.4, 0.5) is 4.79 Å². The lowest BCUT2D eigenvalue weighted by Gasteiger charge is -2.17. The fraction of sp³-hybridized carbons (Fsp3) is 0.417. The Bertz CT molecular complexity index is 465. The molecule has 2 rings (SSSR count). The summed E-state index contributed by atoms with van der Waals surface area (Å²) >= 11 is 6.26. The Morgan fingerprint density at radius 3 is 2.72 bits per heavy atom. The van der Waals surface area contributed by atoms with Crippen molar-refractivity contribution in [1.82, 2.24) is 10.2 Å². The SMILES string of the molecule is COc1ccc(CN2CCNC2=O)c(Cl)c1OC. The third-order valence-electron chi connectivity index (χ3n) is 2.87. The molecule has 98 valence electrons. The van der Waals surface area contributed by atoms with Crippen LogP contribution in [-0.4, -0.2) is 38.2 Å². The van der Waals surface area contributed by atoms with Crippen LogP contribution in [0.3, 0.4) is 0 Å². The first-order valence-corrected chi connectivity index (χ1v) is 5.97. The fourth-order valence-electron chi connectivity index (χ4n) is 1.92. The Morgan fingerprint density at radius 1 is 1.39 bits per heavy atom. The summed E-state index contributed by atoms with van der Waals surface area (Å²) in [6, 6.07) is 3.56. The van der Waals surface area contributed by atoms with Crippen LogP contribution in [-0.2, 0) is 6.54 Å². The van der Waals surface area contributed by atoms with Gasteiger partial charge in [-0.25, -0.2) is 4.79 Å². The van der Waals surface area contributed by atoms with Gasteiger partial charge >= 0.3 is 6.03 Å². The molecule has 1 heterocycles. The maximum atomic E-state index is 11.5. The second-order valence-corrected chi connectivity index (χ2v) is 4.31. The van der Waals surface area contributed by atoms with Crippen molar-refractivity contribution in [2.24, 2.45) is 0 Å². The number of hydrogen-bond acceptors (Lipinski definition) is 3. The zero-order valence-corrected chi connectivity index (χ0v) is 11.1. The molecule has 1 saturated heterocycles. The molecule has 0 unspecified atom stereocenters. The van der Waals surface area contributed by atoms with Crippen molar-refractivity contribution in [3.05, 3.63) is 22.7 Å². The van der Waals surface area contributed by atoms with Gasteiger partial charge in [-0.15, -0.1) is 0 Å². The standard InChI is InChI=1S/C12H15ClN2O3/c1-17-9-4-3-8(10(13)11(9)18-2)7-15-6-5-14-12(15)16/h3-4H,5-7H2,1-2H3,(H,14,16). The lowest BCUT2D eigenvalue weighted by Crippen LogP contribution is -2.27. The van der Waals surface area contributed by atoms with Crippen LogP contribution >= 0.6 is 11.6 Å². The van der Waals surface area contributed by atoms with E-state index in [2.05, 4.69) is 5.32 Å². The molecular weight excluding hydrogens is 256 g/mol. The van der Waals surface area contributed by atoms with Crippen LogP contribution in [0.5, 0.6) is 11.5 Å². The summed E-state index contributed by atoms with van der Waals surface area (Å²) in [5.41, 5.74) is 0.839. The van der Waals surface area contributed by atoms with Crippen molar-refractivity contribution in [1.29, 1.82) is 0 Å². The molecular formula is C12H15ClN2O3. The normalized spacial score (nSPS) is 14.6. The monoisotopic (exact) mass is 270 g/mol. The highest BCUT2D eigenvalue weighted by Crippen LogP contribution is 2.37. The van der Waals surface area contributed by atoms with E-state index < -0.39 is 0 Å². The number of urea groups is 1. The van der Waals surface area contributed by atoms with Crippen molar-refractivity contribution < 1.29 is 14.3 Å². The third kappa shape index (κ3) is 2.31. The molecule has 0 aromatic heterocycles. The molecule has 0 aliphatic carbocycles. The van der Waals surface area contributed by atoms with E-state index in [1.807, 2.05) is 6.07 Å². The summed E-state index contributed by atoms with van der Waals surface area (Å²) in [6.07, 6.45) is 0. The van der Waals surface area contributed by atoms with E-state index in [1.54, 1.807) is 18.1 Å². The highest BCUT2D eigenvalue weighted by molar-refractivity contribution is 6.33. The van der Waals surface area contributed by atoms with Gasteiger partial charge in [0, 0.05) is 19.6 Å². The van der Waals surface area contributed by atoms with Gasteiger partial charge in [-0.3, -0.25) is 0 Å². The summed E-state index contributed by atoms with van der Waals surface area (Å²) < 4.78 is 10.4. The van der Waals surface area contributed by atoms with Gasteiger partial charge in [0.1, 0.15) is 0 Å². The van der Waals surface area contributed by atoms with Gasteiger partial charge < -0.3 is 19.7 Å². The van der Waals surface area contributed by atoms with E-state index in [0.29, 0.717) is 36.2 Å². The summed E-state index contributed by atoms with van der Waals surface area (Å²) in [7, 11) is 3.10. The number of rotatable bonds is 4. The Hall–Kier alpha value is -1.62. The maximum absolute atomic E-state index is 11.5. The largest absolute Gasteiger partial charge is 0.493 e. The number of carbonyl (C=O) groups excluding carboxylic acids is 1. The van der Waals surface area contributed by atoms with Gasteiger partial charge in [-0.1, -0.05) is 17.7 Å². The number of nitrogens with one attached hydrogen (secondary N) is 1. The zero-order valence-electron chi connectivity index (χ0n) is 10.3. The van der Waals surface area contributed by atoms with Crippen LogP contribution in [0.1, 0.15) is 5.56 Å². The quantitative estimate of drug-likeness (QED) is 0.909. The lowest BCUT2D eigenvalue weighted by molar-refractivity contribution is 0.215. The first-order chi connectivity index (χ1) is 8.67. The molecule has 0 spiro atoms. The minimum atomic E-state index is -0.0687. The van der Waals surface area contributed by atoms with Crippen LogP contribution in [0.2, 0.25) is 5.02 Å². The average molecular weight is 271 g/mol. The number of methoxy groups -OCH3 is 2. The van der Waals surface area contributed by atoms with Crippen molar-refractivity contribution in [3.63, 3.8) is 0 Å². The van der Waals surface area contributed by atoms with E-state index in [-0.39, 0.29) is 6.03 Å². The van der Waals surface area contributed by atoms with Gasteiger partial charge in [0.05, 0.1) is 19.2 Å². The molecule has 2 amide bonds. The Labute approximate surface area is 111 Å². The molecule has 1 aliphatic rings. The molecule has 0 bridgehead atoms. The van der Waals surface area contributed by atoms with Crippen LogP contribution in [0.25, 0.3) is 0 Å². The Balaban J connectivity index is 2.26. The van der Waals surface area contributed by atoms with Crippen LogP contribution in [0, 0.1) is 0 Å². The van der Waals surface area contributed by atoms with Crippen LogP contribution in [0.15, 0.2) is 12.1 Å². The summed E-state index contributed by atoms with van der Waals surface area (Å²) in [5.74, 6) is 1.08. The minimum Gasteiger partial charge on any atom is -0.493 e. The predicted octanol–water partition coefficient (Wildman–Crippen LogP) is 1.88. The number of ether oxygens (including phenoxy) is 2. The first-order valence-electron chi connectivity index (χ1n) is 5.59. The van der Waals surface area contributed by atoms with Crippen molar-refractivity contribution in [2.75, 3.05) is 27.3 Å². The molecule has 1 N–H and O–H groups in total. The average Bonchev–Trinajstić information content (AvgIpc) is 2.77. The smallest absolute Gasteiger partial charge is 0.317 e. The van der Waals surface area contributed by atoms with E-state index >= 15 is 0 Å². The van der Waals surface area contributed by atoms with Gasteiger partial charge in [-0.05, 0) is 11.6 Å². The number of hydrogen-bond donors (Lipinski definition) is 1. The number of nitrogens with zero attached hydrogens (tertiary/aromatic N) is 1. The lowest BCUT2D eigenvalue weighted by atomic mass is 10.2. The molecule has 0 saturated carbocycles. The molecule has 18 heavy (non-hydrogen) atoms. The highest BCUT2D eigenvalue weighted by Gasteiger charge is 2.22. The minimum absolute atomic E-state index is 0.0687. The van der Waals surface area contributed by atoms with Crippen molar-refractivity contribution in [3.8, 4) is 11.5 Å². The Kier molecular flexibility index (Phi) is 3.81. The molecule has 0 radical (unpaired) electrons. The molecule has 6 heteroatoms. The third-order valence-corrected chi connectivity index (χ3v) is 3.29. The number of carbonyl (C=O) groups is 1.